The number of nitrogens with zero attached hydrogens (tertiary/aromatic N) is 2. The first-order valence-corrected chi connectivity index (χ1v) is 6.99. The van der Waals surface area contributed by atoms with Crippen molar-refractivity contribution in [1.29, 1.82) is 0 Å². The van der Waals surface area contributed by atoms with Crippen molar-refractivity contribution >= 4 is 23.2 Å². The van der Waals surface area contributed by atoms with Crippen LogP contribution in [0, 0.1) is 0 Å². The summed E-state index contributed by atoms with van der Waals surface area (Å²) in [6.45, 7) is 3.04. The zero-order valence-electron chi connectivity index (χ0n) is 12.8. The summed E-state index contributed by atoms with van der Waals surface area (Å²) in [6.07, 6.45) is 3.83. The van der Waals surface area contributed by atoms with Gasteiger partial charge in [0.2, 0.25) is 5.91 Å². The third kappa shape index (κ3) is 3.16. The maximum Gasteiger partial charge on any atom is 0.308 e. The number of fused-ring (bicyclic) bond motifs is 1. The maximum absolute atomic E-state index is 12.4. The van der Waals surface area contributed by atoms with E-state index in [-0.39, 0.29) is 18.2 Å². The van der Waals surface area contributed by atoms with Crippen molar-refractivity contribution in [2.75, 3.05) is 13.6 Å². The van der Waals surface area contributed by atoms with Gasteiger partial charge in [0.15, 0.2) is 11.5 Å². The van der Waals surface area contributed by atoms with Gasteiger partial charge < -0.3 is 14.0 Å². The summed E-state index contributed by atoms with van der Waals surface area (Å²) in [5.74, 6) is -0.428. The van der Waals surface area contributed by atoms with Crippen LogP contribution in [0.2, 0.25) is 0 Å². The van der Waals surface area contributed by atoms with Gasteiger partial charge in [-0.3, -0.25) is 14.4 Å². The van der Waals surface area contributed by atoms with Gasteiger partial charge in [0.1, 0.15) is 0 Å². The number of amides is 1. The average molecular weight is 302 g/mol. The van der Waals surface area contributed by atoms with Crippen molar-refractivity contribution in [2.24, 2.45) is 0 Å². The number of hydrogen-bond acceptors (Lipinski definition) is 4. The van der Waals surface area contributed by atoms with Crippen LogP contribution in [0.1, 0.15) is 30.6 Å². The van der Waals surface area contributed by atoms with Crippen molar-refractivity contribution in [3.05, 3.63) is 36.2 Å². The Kier molecular flexibility index (Phi) is 4.60. The summed E-state index contributed by atoms with van der Waals surface area (Å²) >= 11 is 0. The fourth-order valence-electron chi connectivity index (χ4n) is 2.25. The van der Waals surface area contributed by atoms with Crippen LogP contribution in [0.25, 0.3) is 5.52 Å². The molecule has 0 aliphatic carbocycles. The van der Waals surface area contributed by atoms with Crippen LogP contribution in [0.5, 0.6) is 5.75 Å². The minimum Gasteiger partial charge on any atom is -0.424 e. The standard InChI is InChI=1S/C16H18N2O4/c1-4-15(21)17(3)10-13(20)12-7-9-18-8-5-6-14(16(12)18)22-11(2)19/h5-9H,4,10H2,1-3H3. The molecule has 0 radical (unpaired) electrons. The van der Waals surface area contributed by atoms with Crippen LogP contribution in [0.15, 0.2) is 30.6 Å². The second-order valence-corrected chi connectivity index (χ2v) is 4.98. The van der Waals surface area contributed by atoms with Crippen LogP contribution in [-0.2, 0) is 9.59 Å². The summed E-state index contributed by atoms with van der Waals surface area (Å²) < 4.78 is 6.87. The number of carbonyl (C=O) groups is 3. The number of hydrogen-bond donors (Lipinski definition) is 0. The monoisotopic (exact) mass is 302 g/mol. The lowest BCUT2D eigenvalue weighted by molar-refractivity contribution is -0.132. The molecule has 0 spiro atoms. The van der Waals surface area contributed by atoms with Crippen LogP contribution < -0.4 is 4.74 Å². The molecule has 0 aliphatic rings. The van der Waals surface area contributed by atoms with Gasteiger partial charge in [-0.1, -0.05) is 6.92 Å². The number of pyridine rings is 1. The summed E-state index contributed by atoms with van der Waals surface area (Å²) in [5.41, 5.74) is 0.952. The van der Waals surface area contributed by atoms with E-state index in [0.717, 1.165) is 0 Å². The van der Waals surface area contributed by atoms with E-state index in [2.05, 4.69) is 0 Å². The lowest BCUT2D eigenvalue weighted by atomic mass is 10.1. The molecule has 2 aromatic heterocycles. The Morgan fingerprint density at radius 2 is 1.95 bits per heavy atom. The van der Waals surface area contributed by atoms with E-state index in [1.165, 1.54) is 11.8 Å². The molecule has 0 saturated carbocycles. The number of ether oxygens (including phenoxy) is 1. The number of carbonyl (C=O) groups excluding carboxylic acids is 3. The first kappa shape index (κ1) is 15.8. The molecule has 0 atom stereocenters. The Bertz CT molecular complexity index is 733. The fraction of sp³-hybridized carbons (Fsp3) is 0.312. The summed E-state index contributed by atoms with van der Waals surface area (Å²) in [5, 5.41) is 0. The average Bonchev–Trinajstić information content (AvgIpc) is 2.90. The molecule has 0 aliphatic heterocycles. The highest BCUT2D eigenvalue weighted by Gasteiger charge is 2.19. The molecule has 0 aromatic carbocycles. The van der Waals surface area contributed by atoms with Crippen LogP contribution in [0.3, 0.4) is 0 Å². The first-order chi connectivity index (χ1) is 10.4. The molecule has 22 heavy (non-hydrogen) atoms. The molecule has 2 heterocycles. The molecule has 0 N–H and O–H groups in total. The normalized spacial score (nSPS) is 10.5. The van der Waals surface area contributed by atoms with Crippen LogP contribution in [0.4, 0.5) is 0 Å². The lowest BCUT2D eigenvalue weighted by Crippen LogP contribution is -2.31. The highest BCUT2D eigenvalue weighted by molar-refractivity contribution is 6.06. The molecule has 0 fully saturated rings. The van der Waals surface area contributed by atoms with Gasteiger partial charge in [0, 0.05) is 38.3 Å². The molecule has 0 bridgehead atoms. The zero-order valence-corrected chi connectivity index (χ0v) is 12.8. The molecule has 2 aromatic rings. The molecule has 2 rings (SSSR count). The number of esters is 1. The molecule has 0 unspecified atom stereocenters. The van der Waals surface area contributed by atoms with Gasteiger partial charge in [-0.2, -0.15) is 0 Å². The Labute approximate surface area is 128 Å². The van der Waals surface area contributed by atoms with Gasteiger partial charge in [-0.25, -0.2) is 0 Å². The van der Waals surface area contributed by atoms with Crippen molar-refractivity contribution in [3.8, 4) is 5.75 Å². The first-order valence-electron chi connectivity index (χ1n) is 6.99. The lowest BCUT2D eigenvalue weighted by Gasteiger charge is -2.15. The summed E-state index contributed by atoms with van der Waals surface area (Å²) in [6, 6.07) is 5.02. The highest BCUT2D eigenvalue weighted by Crippen LogP contribution is 2.25. The Balaban J connectivity index is 2.37. The highest BCUT2D eigenvalue weighted by atomic mass is 16.5. The third-order valence-electron chi connectivity index (χ3n) is 3.31. The third-order valence-corrected chi connectivity index (χ3v) is 3.31. The minimum absolute atomic E-state index is 0.0131. The number of aromatic nitrogens is 1. The second kappa shape index (κ2) is 6.43. The number of likely N-dealkylation sites (N-methyl/N-ethyl adjacent to an activating group) is 1. The van der Waals surface area contributed by atoms with Gasteiger partial charge in [0.05, 0.1) is 12.1 Å². The van der Waals surface area contributed by atoms with Gasteiger partial charge in [-0.15, -0.1) is 0 Å². The fourth-order valence-corrected chi connectivity index (χ4v) is 2.25. The predicted octanol–water partition coefficient (Wildman–Crippen LogP) is 1.92. The summed E-state index contributed by atoms with van der Waals surface area (Å²) in [4.78, 5) is 36.6. The molecule has 1 amide bonds. The molecular formula is C16H18N2O4. The minimum atomic E-state index is -0.453. The number of Topliss-reactive ketones (excluding diaryl/α,β-unsaturated/α-hetero) is 1. The second-order valence-electron chi connectivity index (χ2n) is 4.98. The largest absolute Gasteiger partial charge is 0.424 e. The smallest absolute Gasteiger partial charge is 0.308 e. The van der Waals surface area contributed by atoms with E-state index in [1.54, 1.807) is 49.0 Å². The molecule has 116 valence electrons. The van der Waals surface area contributed by atoms with Crippen molar-refractivity contribution in [1.82, 2.24) is 9.30 Å². The van der Waals surface area contributed by atoms with E-state index in [9.17, 15) is 14.4 Å². The Morgan fingerprint density at radius 3 is 2.59 bits per heavy atom. The van der Waals surface area contributed by atoms with Gasteiger partial charge in [0.25, 0.3) is 0 Å². The van der Waals surface area contributed by atoms with E-state index in [0.29, 0.717) is 23.3 Å². The molecule has 6 heteroatoms. The van der Waals surface area contributed by atoms with Crippen molar-refractivity contribution < 1.29 is 19.1 Å². The van der Waals surface area contributed by atoms with Crippen LogP contribution >= 0.6 is 0 Å². The zero-order chi connectivity index (χ0) is 16.3. The Hall–Kier alpha value is -2.63. The molecule has 0 saturated heterocycles. The summed E-state index contributed by atoms with van der Waals surface area (Å²) in [7, 11) is 1.59. The quantitative estimate of drug-likeness (QED) is 0.625. The number of rotatable bonds is 5. The SMILES string of the molecule is CCC(=O)N(C)CC(=O)c1ccn2cccc(OC(C)=O)c12. The predicted molar refractivity (Wildman–Crippen MR) is 81.0 cm³/mol. The topological polar surface area (TPSA) is 68.1 Å². The van der Waals surface area contributed by atoms with E-state index >= 15 is 0 Å². The van der Waals surface area contributed by atoms with Gasteiger partial charge >= 0.3 is 5.97 Å². The van der Waals surface area contributed by atoms with E-state index < -0.39 is 5.97 Å². The maximum atomic E-state index is 12.4. The van der Waals surface area contributed by atoms with E-state index in [4.69, 9.17) is 4.74 Å². The molecule has 6 nitrogen and oxygen atoms in total. The van der Waals surface area contributed by atoms with Crippen molar-refractivity contribution in [3.63, 3.8) is 0 Å². The van der Waals surface area contributed by atoms with Gasteiger partial charge in [-0.05, 0) is 18.2 Å². The molecular weight excluding hydrogens is 284 g/mol. The number of ketones is 1. The van der Waals surface area contributed by atoms with E-state index in [1.807, 2.05) is 0 Å². The Morgan fingerprint density at radius 1 is 1.23 bits per heavy atom. The van der Waals surface area contributed by atoms with Crippen LogP contribution in [-0.4, -0.2) is 40.6 Å². The van der Waals surface area contributed by atoms with Crippen molar-refractivity contribution in [2.45, 2.75) is 20.3 Å².